The van der Waals surface area contributed by atoms with Crippen molar-refractivity contribution in [3.8, 4) is 18.6 Å². The van der Waals surface area contributed by atoms with E-state index in [0.717, 1.165) is 0 Å². The van der Waals surface area contributed by atoms with E-state index in [1.807, 2.05) is 0 Å². The third-order valence-electron chi connectivity index (χ3n) is 0.770. The molecule has 0 radical (unpaired) electrons. The largest absolute Gasteiger partial charge is 1.00 e. The number of aliphatic imine (C=N–C) groups is 1. The Hall–Kier alpha value is -0.100. The van der Waals surface area contributed by atoms with Gasteiger partial charge in [0, 0.05) is 12.4 Å². The SMILES string of the molecule is Cl.Clc1ncnc(Cl)n1.N#CN=C(N)Cl.N#C[N-]C#N.O.O=P(Cl)(Cl)Cl.[2H]CF.[Na+]. The molecule has 0 atom stereocenters. The summed E-state index contributed by atoms with van der Waals surface area (Å²) in [4.78, 5) is 13.4. The van der Waals surface area contributed by atoms with Crippen LogP contribution in [0.25, 0.3) is 5.32 Å². The quantitative estimate of drug-likeness (QED) is 0.117. The molecular formula is C8H9Cl7FN9NaO2P. The van der Waals surface area contributed by atoms with Crippen molar-refractivity contribution in [2.45, 2.75) is 0 Å². The van der Waals surface area contributed by atoms with Gasteiger partial charge in [0.1, 0.15) is 6.33 Å². The summed E-state index contributed by atoms with van der Waals surface area (Å²) in [7, 11) is -1.00. The molecule has 1 aromatic heterocycles. The summed E-state index contributed by atoms with van der Waals surface area (Å²) >= 11 is 29.3. The molecule has 4 N–H and O–H groups in total. The number of nitrogens with zero attached hydrogens (tertiary/aromatic N) is 8. The zero-order valence-electron chi connectivity index (χ0n) is 14.8. The van der Waals surface area contributed by atoms with Crippen molar-refractivity contribution >= 4 is 91.4 Å². The zero-order valence-corrected chi connectivity index (χ0v) is 22.1. The normalized spacial score (nSPS) is 8.00. The maximum Gasteiger partial charge on any atom is 1.00 e. The van der Waals surface area contributed by atoms with Gasteiger partial charge >= 0.3 is 34.8 Å². The summed E-state index contributed by atoms with van der Waals surface area (Å²) < 4.78 is 25.0. The van der Waals surface area contributed by atoms with Gasteiger partial charge in [0.25, 0.3) is 0 Å². The molecule has 0 aromatic carbocycles. The van der Waals surface area contributed by atoms with Crippen LogP contribution < -0.4 is 35.3 Å². The Balaban J connectivity index is -0.0000000444. The molecule has 0 bridgehead atoms. The fraction of sp³-hybridized carbons (Fsp3) is 0.125. The number of aromatic nitrogens is 3. The first-order chi connectivity index (χ1) is 12.4. The molecule has 0 amide bonds. The molecule has 1 aromatic rings. The maximum absolute atomic E-state index is 9.96. The van der Waals surface area contributed by atoms with E-state index in [2.05, 4.69) is 59.0 Å². The second-order valence-electron chi connectivity index (χ2n) is 2.27. The molecule has 0 unspecified atom stereocenters. The summed E-state index contributed by atoms with van der Waals surface area (Å²) in [6.45, 7) is 0. The summed E-state index contributed by atoms with van der Waals surface area (Å²) in [5.74, 6) is 0. The van der Waals surface area contributed by atoms with Gasteiger partial charge in [-0.15, -0.1) is 17.4 Å². The van der Waals surface area contributed by atoms with Gasteiger partial charge in [0.2, 0.25) is 22.1 Å². The minimum absolute atomic E-state index is 0. The van der Waals surface area contributed by atoms with Crippen molar-refractivity contribution < 1.29 is 45.4 Å². The van der Waals surface area contributed by atoms with E-state index in [9.17, 15) is 8.96 Å². The fourth-order valence-corrected chi connectivity index (χ4v) is 0.657. The monoisotopic (exact) mass is 582 g/mol. The predicted molar refractivity (Wildman–Crippen MR) is 111 cm³/mol. The fourth-order valence-electron chi connectivity index (χ4n) is 0.328. The van der Waals surface area contributed by atoms with Crippen LogP contribution in [0.15, 0.2) is 11.3 Å². The molecule has 0 saturated carbocycles. The van der Waals surface area contributed by atoms with Crippen LogP contribution in [-0.4, -0.2) is 32.9 Å². The number of nitrogens with two attached hydrogens (primary N) is 1. The van der Waals surface area contributed by atoms with Crippen LogP contribution in [-0.2, 0) is 4.57 Å². The van der Waals surface area contributed by atoms with Gasteiger partial charge in [-0.2, -0.15) is 10.2 Å². The number of alkyl halides is 1. The van der Waals surface area contributed by atoms with Crippen LogP contribution in [0.4, 0.5) is 4.39 Å². The number of rotatable bonds is 0. The van der Waals surface area contributed by atoms with E-state index in [1.165, 1.54) is 24.9 Å². The van der Waals surface area contributed by atoms with E-state index in [1.54, 1.807) is 0 Å². The predicted octanol–water partition coefficient (Wildman–Crippen LogP) is 1.52. The molecule has 1 heterocycles. The number of hydrogen-bond donors (Lipinski definition) is 1. The van der Waals surface area contributed by atoms with Crippen molar-refractivity contribution in [2.75, 3.05) is 7.15 Å². The van der Waals surface area contributed by atoms with Crippen molar-refractivity contribution in [1.82, 2.24) is 15.0 Å². The summed E-state index contributed by atoms with van der Waals surface area (Å²) in [5, 5.41) is 21.9. The van der Waals surface area contributed by atoms with Crippen LogP contribution in [0.5, 0.6) is 0 Å². The van der Waals surface area contributed by atoms with Gasteiger partial charge in [-0.05, 0) is 68.5 Å². The van der Waals surface area contributed by atoms with Gasteiger partial charge in [0.15, 0.2) is 0 Å². The number of halogens is 8. The zero-order chi connectivity index (χ0) is 22.3. The second kappa shape index (κ2) is 35.3. The van der Waals surface area contributed by atoms with Crippen LogP contribution in [0.2, 0.25) is 10.6 Å². The molecule has 29 heavy (non-hydrogen) atoms. The third-order valence-corrected chi connectivity index (χ3v) is 1.22. The van der Waals surface area contributed by atoms with E-state index in [4.69, 9.17) is 57.7 Å². The van der Waals surface area contributed by atoms with Gasteiger partial charge in [-0.25, -0.2) is 9.97 Å². The van der Waals surface area contributed by atoms with E-state index in [0.29, 0.717) is 0 Å². The Bertz CT molecular complexity index is 674. The number of nitriles is 3. The van der Waals surface area contributed by atoms with Gasteiger partial charge in [0.05, 0.1) is 8.52 Å². The molecule has 21 heteroatoms. The molecule has 11 nitrogen and oxygen atoms in total. The Labute approximate surface area is 224 Å². The number of amidine groups is 1. The van der Waals surface area contributed by atoms with Crippen molar-refractivity contribution in [1.29, 1.82) is 15.8 Å². The Morgan fingerprint density at radius 3 is 1.66 bits per heavy atom. The summed E-state index contributed by atoms with van der Waals surface area (Å²) in [6.07, 6.45) is 5.21. The molecule has 160 valence electrons. The summed E-state index contributed by atoms with van der Waals surface area (Å²) in [6, 6.07) is 0. The second-order valence-corrected chi connectivity index (χ2v) is 9.97. The first-order valence-electron chi connectivity index (χ1n) is 5.50. The smallest absolute Gasteiger partial charge is 0.412 e. The van der Waals surface area contributed by atoms with Crippen molar-refractivity contribution in [3.63, 3.8) is 0 Å². The molecule has 0 saturated heterocycles. The molecule has 1 rings (SSSR count). The maximum atomic E-state index is 9.96. The van der Waals surface area contributed by atoms with E-state index in [-0.39, 0.29) is 63.3 Å². The minimum Gasteiger partial charge on any atom is -0.412 e. The van der Waals surface area contributed by atoms with Gasteiger partial charge in [-0.1, -0.05) is 0 Å². The topological polar surface area (TPSA) is 211 Å². The molecule has 0 spiro atoms. The van der Waals surface area contributed by atoms with Crippen LogP contribution in [0.1, 0.15) is 1.37 Å². The molecule has 0 aliphatic rings. The molecular weight excluding hydrogens is 575 g/mol. The standard InChI is InChI=1S/C3HCl2N3.C2H2ClN3.C2N3.CH3F.Cl3OP.ClH.Na.H2O/c4-2-6-1-7-3(5)8-2;3-2(5)6-1-4;3-1-5-2-4;1-2;1-5(2,3)4;;;/h1H;(H2,5,6);;1H3;;1H;;1H2/q;;-1;;;;+1;/i;;;1D;;;;. The van der Waals surface area contributed by atoms with Crippen LogP contribution >= 0.6 is 86.1 Å². The average molecular weight is 585 g/mol. The molecule has 0 aliphatic heterocycles. The van der Waals surface area contributed by atoms with Crippen molar-refractivity contribution in [3.05, 3.63) is 22.2 Å². The van der Waals surface area contributed by atoms with Crippen LogP contribution in [0, 0.1) is 34.4 Å². The van der Waals surface area contributed by atoms with Crippen LogP contribution in [0.3, 0.4) is 0 Å². The Morgan fingerprint density at radius 1 is 1.28 bits per heavy atom. The van der Waals surface area contributed by atoms with E-state index >= 15 is 0 Å². The average Bonchev–Trinajstić information content (AvgIpc) is 2.48. The first kappa shape index (κ1) is 42.9. The Kier molecular flexibility index (Phi) is 52.3. The van der Waals surface area contributed by atoms with E-state index < -0.39 is 12.4 Å². The van der Waals surface area contributed by atoms with Crippen molar-refractivity contribution in [2.24, 2.45) is 10.7 Å². The molecule has 0 fully saturated rings. The number of hydrogen-bond acceptors (Lipinski definition) is 8. The molecule has 0 aliphatic carbocycles. The minimum atomic E-state index is -3.22. The third kappa shape index (κ3) is 84.3. The first-order valence-corrected chi connectivity index (χ1v) is 10.3. The summed E-state index contributed by atoms with van der Waals surface area (Å²) in [5.41, 5.74) is 4.70. The van der Waals surface area contributed by atoms with Gasteiger partial charge < -0.3 is 21.7 Å². The Morgan fingerprint density at radius 2 is 1.59 bits per heavy atom. The van der Waals surface area contributed by atoms with Gasteiger partial charge in [-0.3, -0.25) is 14.3 Å².